The molecule has 1 aliphatic heterocycles. The number of aliphatic hydroxyl groups excluding tert-OH is 1. The van der Waals surface area contributed by atoms with Gasteiger partial charge in [0, 0.05) is 19.5 Å². The number of rotatable bonds is 9. The first kappa shape index (κ1) is 28.7. The van der Waals surface area contributed by atoms with Gasteiger partial charge in [-0.3, -0.25) is 14.4 Å². The number of aryl methyl sites for hydroxylation is 1. The molecule has 0 aromatic carbocycles. The zero-order chi connectivity index (χ0) is 28.8. The molecule has 0 bridgehead atoms. The van der Waals surface area contributed by atoms with Crippen LogP contribution in [-0.2, 0) is 19.1 Å². The molecule has 1 saturated heterocycles. The second-order valence-corrected chi connectivity index (χ2v) is 13.4. The van der Waals surface area contributed by atoms with Gasteiger partial charge in [-0.15, -0.1) is 11.3 Å². The summed E-state index contributed by atoms with van der Waals surface area (Å²) in [5.74, 6) is -0.884. The molecule has 3 N–H and O–H groups in total. The molecule has 1 aromatic rings. The maximum absolute atomic E-state index is 14.4. The molecule has 40 heavy (non-hydrogen) atoms. The molecule has 0 spiro atoms. The van der Waals surface area contributed by atoms with Crippen LogP contribution in [-0.4, -0.2) is 75.8 Å². The molecule has 3 fully saturated rings. The molecular formula is C29H39FN4O5S. The lowest BCUT2D eigenvalue weighted by Crippen LogP contribution is -2.59. The summed E-state index contributed by atoms with van der Waals surface area (Å²) in [7, 11) is 0. The van der Waals surface area contributed by atoms with Crippen molar-refractivity contribution in [3.63, 3.8) is 0 Å². The molecule has 3 aliphatic carbocycles. The number of carbonyl (C=O) groups excluding carboxylic acids is 3. The Labute approximate surface area is 238 Å². The van der Waals surface area contributed by atoms with Crippen molar-refractivity contribution in [1.82, 2.24) is 20.5 Å². The second kappa shape index (κ2) is 10.9. The molecule has 5 rings (SSSR count). The second-order valence-electron chi connectivity index (χ2n) is 12.6. The highest BCUT2D eigenvalue weighted by Gasteiger charge is 2.53. The van der Waals surface area contributed by atoms with E-state index in [0.29, 0.717) is 0 Å². The van der Waals surface area contributed by atoms with Gasteiger partial charge in [-0.25, -0.2) is 9.37 Å². The van der Waals surface area contributed by atoms with Crippen LogP contribution in [0, 0.1) is 12.3 Å². The number of nitrogens with zero attached hydrogens (tertiary/aromatic N) is 2. The van der Waals surface area contributed by atoms with Gasteiger partial charge in [0.2, 0.25) is 11.8 Å². The van der Waals surface area contributed by atoms with E-state index in [4.69, 9.17) is 4.74 Å². The van der Waals surface area contributed by atoms with E-state index in [1.165, 1.54) is 10.5 Å². The Kier molecular flexibility index (Phi) is 7.82. The van der Waals surface area contributed by atoms with E-state index >= 15 is 0 Å². The van der Waals surface area contributed by atoms with E-state index in [0.717, 1.165) is 47.6 Å². The van der Waals surface area contributed by atoms with E-state index in [-0.39, 0.29) is 44.4 Å². The highest BCUT2D eigenvalue weighted by molar-refractivity contribution is 7.10. The average molecular weight is 575 g/mol. The largest absolute Gasteiger partial charge is 0.490 e. The Morgan fingerprint density at radius 2 is 2.00 bits per heavy atom. The molecule has 218 valence electrons. The first-order valence-electron chi connectivity index (χ1n) is 14.1. The molecular weight excluding hydrogens is 535 g/mol. The van der Waals surface area contributed by atoms with Crippen LogP contribution < -0.4 is 10.6 Å². The Hall–Kier alpha value is -2.79. The van der Waals surface area contributed by atoms with Gasteiger partial charge in [0.1, 0.15) is 17.8 Å². The van der Waals surface area contributed by atoms with Crippen molar-refractivity contribution in [2.75, 3.05) is 13.1 Å². The van der Waals surface area contributed by atoms with Crippen molar-refractivity contribution in [3.05, 3.63) is 33.5 Å². The van der Waals surface area contributed by atoms with Gasteiger partial charge >= 0.3 is 0 Å². The number of aromatic nitrogens is 1. The minimum absolute atomic E-state index is 0.0286. The number of hydrogen-bond acceptors (Lipinski definition) is 7. The molecule has 3 atom stereocenters. The predicted molar refractivity (Wildman–Crippen MR) is 149 cm³/mol. The summed E-state index contributed by atoms with van der Waals surface area (Å²) in [5.41, 5.74) is 2.35. The summed E-state index contributed by atoms with van der Waals surface area (Å²) in [6, 6.07) is -1.93. The first-order valence-corrected chi connectivity index (χ1v) is 15.0. The Morgan fingerprint density at radius 1 is 1.27 bits per heavy atom. The molecule has 9 nitrogen and oxygen atoms in total. The number of allylic oxidation sites excluding steroid dienone is 2. The van der Waals surface area contributed by atoms with Crippen molar-refractivity contribution in [2.45, 2.75) is 103 Å². The van der Waals surface area contributed by atoms with Crippen molar-refractivity contribution >= 4 is 34.6 Å². The summed E-state index contributed by atoms with van der Waals surface area (Å²) in [5, 5.41) is 16.0. The fourth-order valence-corrected chi connectivity index (χ4v) is 6.07. The zero-order valence-corrected chi connectivity index (χ0v) is 24.4. The lowest BCUT2D eigenvalue weighted by Gasteiger charge is -2.35. The van der Waals surface area contributed by atoms with Crippen LogP contribution in [0.2, 0.25) is 0 Å². The van der Waals surface area contributed by atoms with Crippen LogP contribution in [0.4, 0.5) is 4.39 Å². The van der Waals surface area contributed by atoms with Gasteiger partial charge in [-0.05, 0) is 68.1 Å². The van der Waals surface area contributed by atoms with Crippen molar-refractivity contribution < 1.29 is 28.6 Å². The predicted octanol–water partition coefficient (Wildman–Crippen LogP) is 3.17. The fraction of sp³-hybridized carbons (Fsp3) is 0.655. The SMILES string of the molecule is Cc1ncsc1C1=CC(OC2CC2)=C(CNC(=O)C2C[C@@H](O)CN2C(=O)[C@@H](NC(=O)C2(F)CC2)C(C)(C)C)CC1. The molecule has 3 amide bonds. The lowest BCUT2D eigenvalue weighted by molar-refractivity contribution is -0.145. The Morgan fingerprint density at radius 3 is 2.60 bits per heavy atom. The average Bonchev–Trinajstić information content (AvgIpc) is 3.78. The molecule has 1 aromatic heterocycles. The van der Waals surface area contributed by atoms with Crippen LogP contribution in [0.5, 0.6) is 0 Å². The number of ether oxygens (including phenoxy) is 1. The Bertz CT molecular complexity index is 1240. The van der Waals surface area contributed by atoms with Crippen LogP contribution in [0.15, 0.2) is 22.9 Å². The van der Waals surface area contributed by atoms with Gasteiger partial charge in [0.05, 0.1) is 28.3 Å². The summed E-state index contributed by atoms with van der Waals surface area (Å²) < 4.78 is 20.6. The van der Waals surface area contributed by atoms with Crippen molar-refractivity contribution in [2.24, 2.45) is 5.41 Å². The molecule has 2 saturated carbocycles. The number of thiazole rings is 1. The van der Waals surface area contributed by atoms with Crippen LogP contribution in [0.25, 0.3) is 5.57 Å². The number of carbonyl (C=O) groups is 3. The third-order valence-electron chi connectivity index (χ3n) is 8.03. The van der Waals surface area contributed by atoms with E-state index in [9.17, 15) is 23.9 Å². The van der Waals surface area contributed by atoms with Crippen LogP contribution >= 0.6 is 11.3 Å². The van der Waals surface area contributed by atoms with Gasteiger partial charge < -0.3 is 25.4 Å². The zero-order valence-electron chi connectivity index (χ0n) is 23.6. The number of aliphatic hydroxyl groups is 1. The smallest absolute Gasteiger partial charge is 0.258 e. The van der Waals surface area contributed by atoms with Gasteiger partial charge in [0.25, 0.3) is 5.91 Å². The minimum Gasteiger partial charge on any atom is -0.490 e. The van der Waals surface area contributed by atoms with Crippen LogP contribution in [0.1, 0.15) is 76.3 Å². The van der Waals surface area contributed by atoms with Gasteiger partial charge in [0.15, 0.2) is 5.67 Å². The maximum atomic E-state index is 14.4. The molecule has 1 unspecified atom stereocenters. The summed E-state index contributed by atoms with van der Waals surface area (Å²) in [6.45, 7) is 7.57. The number of nitrogens with one attached hydrogen (secondary N) is 2. The molecule has 4 aliphatic rings. The third-order valence-corrected chi connectivity index (χ3v) is 9.03. The number of likely N-dealkylation sites (tertiary alicyclic amines) is 1. The topological polar surface area (TPSA) is 121 Å². The third kappa shape index (κ3) is 6.25. The monoisotopic (exact) mass is 574 g/mol. The number of halogens is 1. The fourth-order valence-electron chi connectivity index (χ4n) is 5.22. The Balaban J connectivity index is 1.29. The summed E-state index contributed by atoms with van der Waals surface area (Å²) >= 11 is 1.61. The number of alkyl halides is 1. The highest BCUT2D eigenvalue weighted by Crippen LogP contribution is 2.41. The minimum atomic E-state index is -1.92. The van der Waals surface area contributed by atoms with Gasteiger partial charge in [-0.2, -0.15) is 0 Å². The summed E-state index contributed by atoms with van der Waals surface area (Å²) in [6.07, 6.45) is 5.31. The lowest BCUT2D eigenvalue weighted by atomic mass is 9.85. The molecule has 2 heterocycles. The first-order chi connectivity index (χ1) is 18.9. The maximum Gasteiger partial charge on any atom is 0.258 e. The van der Waals surface area contributed by atoms with Crippen LogP contribution in [0.3, 0.4) is 0 Å². The number of amides is 3. The van der Waals surface area contributed by atoms with E-state index in [1.807, 2.05) is 12.4 Å². The van der Waals surface area contributed by atoms with Gasteiger partial charge in [-0.1, -0.05) is 20.8 Å². The summed E-state index contributed by atoms with van der Waals surface area (Å²) in [4.78, 5) is 46.4. The number of hydrogen-bond donors (Lipinski definition) is 3. The normalized spacial score (nSPS) is 24.9. The van der Waals surface area contributed by atoms with E-state index < -0.39 is 41.1 Å². The van der Waals surface area contributed by atoms with E-state index in [2.05, 4.69) is 21.7 Å². The number of β-amino-alcohol motifs (C(OH)–C–C–N with tert-alkyl or cyclic N) is 1. The quantitative estimate of drug-likeness (QED) is 0.417. The highest BCUT2D eigenvalue weighted by atomic mass is 32.1. The standard InChI is InChI=1S/C29H39FN4O5S/c1-16-23(40-15-32-16)17-5-6-18(22(11-17)39-20-7-8-20)13-31-25(36)21-12-19(35)14-34(21)26(37)24(28(2,3)4)33-27(38)29(30)9-10-29/h11,15,19-21,24,35H,5-10,12-14H2,1-4H3,(H,31,36)(H,33,38)/t19-,21?,24-/m1/s1. The molecule has 11 heteroatoms. The van der Waals surface area contributed by atoms with E-state index in [1.54, 1.807) is 32.1 Å². The molecule has 0 radical (unpaired) electrons. The van der Waals surface area contributed by atoms with Crippen molar-refractivity contribution in [3.8, 4) is 0 Å². The van der Waals surface area contributed by atoms with Crippen molar-refractivity contribution in [1.29, 1.82) is 0 Å².